The van der Waals surface area contributed by atoms with Crippen molar-refractivity contribution < 1.29 is 0 Å². The predicted molar refractivity (Wildman–Crippen MR) is 76.0 cm³/mol. The Hall–Kier alpha value is -0.450. The summed E-state index contributed by atoms with van der Waals surface area (Å²) in [5, 5.41) is 10.7. The van der Waals surface area contributed by atoms with Gasteiger partial charge in [0.2, 0.25) is 0 Å². The summed E-state index contributed by atoms with van der Waals surface area (Å²) < 4.78 is 0. The molecule has 0 aromatic carbocycles. The van der Waals surface area contributed by atoms with E-state index < -0.39 is 0 Å². The van der Waals surface area contributed by atoms with Crippen LogP contribution in [0.3, 0.4) is 0 Å². The number of nitrogens with zero attached hydrogens (tertiary/aromatic N) is 1. The van der Waals surface area contributed by atoms with Crippen LogP contribution in [0, 0.1) is 5.92 Å². The van der Waals surface area contributed by atoms with Gasteiger partial charge >= 0.3 is 0 Å². The molecule has 1 aliphatic heterocycles. The predicted octanol–water partition coefficient (Wildman–Crippen LogP) is 2.20. The van der Waals surface area contributed by atoms with Gasteiger partial charge in [0.1, 0.15) is 0 Å². The zero-order chi connectivity index (χ0) is 12.2. The second kappa shape index (κ2) is 6.13. The molecule has 2 heterocycles. The van der Waals surface area contributed by atoms with Crippen molar-refractivity contribution in [2.45, 2.75) is 50.6 Å². The molecule has 0 spiro atoms. The first-order chi connectivity index (χ1) is 8.92. The molecule has 18 heavy (non-hydrogen) atoms. The van der Waals surface area contributed by atoms with Gasteiger partial charge in [0, 0.05) is 43.2 Å². The van der Waals surface area contributed by atoms with Gasteiger partial charge in [-0.25, -0.2) is 4.98 Å². The van der Waals surface area contributed by atoms with E-state index in [2.05, 4.69) is 21.0 Å². The maximum absolute atomic E-state index is 4.31. The molecule has 4 heteroatoms. The molecule has 0 radical (unpaired) electrons. The van der Waals surface area contributed by atoms with Crippen molar-refractivity contribution in [1.29, 1.82) is 0 Å². The highest BCUT2D eigenvalue weighted by Gasteiger charge is 2.34. The SMILES string of the molecule is c1csc(CCNCC2CC3CCCCC3N2)n1. The summed E-state index contributed by atoms with van der Waals surface area (Å²) in [5.74, 6) is 0.963. The first-order valence-electron chi connectivity index (χ1n) is 7.27. The minimum Gasteiger partial charge on any atom is -0.315 e. The molecule has 1 aliphatic carbocycles. The van der Waals surface area contributed by atoms with E-state index in [0.29, 0.717) is 6.04 Å². The lowest BCUT2D eigenvalue weighted by Crippen LogP contribution is -2.38. The van der Waals surface area contributed by atoms with Crippen molar-refractivity contribution in [2.75, 3.05) is 13.1 Å². The molecular weight excluding hydrogens is 242 g/mol. The fraction of sp³-hybridized carbons (Fsp3) is 0.786. The van der Waals surface area contributed by atoms with Crippen LogP contribution in [0.5, 0.6) is 0 Å². The van der Waals surface area contributed by atoms with Crippen LogP contribution < -0.4 is 10.6 Å². The van der Waals surface area contributed by atoms with Crippen LogP contribution in [0.1, 0.15) is 37.1 Å². The Morgan fingerprint density at radius 2 is 2.33 bits per heavy atom. The van der Waals surface area contributed by atoms with Crippen LogP contribution in [0.15, 0.2) is 11.6 Å². The fourth-order valence-electron chi connectivity index (χ4n) is 3.44. The summed E-state index contributed by atoms with van der Waals surface area (Å²) in [6.07, 6.45) is 10.1. The summed E-state index contributed by atoms with van der Waals surface area (Å²) in [6.45, 7) is 2.18. The van der Waals surface area contributed by atoms with E-state index >= 15 is 0 Å². The number of fused-ring (bicyclic) bond motifs is 1. The summed E-state index contributed by atoms with van der Waals surface area (Å²) in [6, 6.07) is 1.53. The zero-order valence-corrected chi connectivity index (χ0v) is 11.7. The van der Waals surface area contributed by atoms with Gasteiger partial charge < -0.3 is 10.6 Å². The number of rotatable bonds is 5. The number of thiazole rings is 1. The quantitative estimate of drug-likeness (QED) is 0.801. The van der Waals surface area contributed by atoms with Gasteiger partial charge in [0.15, 0.2) is 0 Å². The molecule has 0 amide bonds. The highest BCUT2D eigenvalue weighted by molar-refractivity contribution is 7.09. The molecule has 2 aliphatic rings. The van der Waals surface area contributed by atoms with Gasteiger partial charge in [-0.3, -0.25) is 0 Å². The Morgan fingerprint density at radius 3 is 3.17 bits per heavy atom. The van der Waals surface area contributed by atoms with Crippen LogP contribution in [0.2, 0.25) is 0 Å². The number of nitrogens with one attached hydrogen (secondary N) is 2. The van der Waals surface area contributed by atoms with Crippen molar-refractivity contribution in [3.05, 3.63) is 16.6 Å². The summed E-state index contributed by atoms with van der Waals surface area (Å²) in [5.41, 5.74) is 0. The Kier molecular flexibility index (Phi) is 4.28. The Labute approximate surface area is 113 Å². The third-order valence-corrected chi connectivity index (χ3v) is 5.18. The Morgan fingerprint density at radius 1 is 1.39 bits per heavy atom. The maximum atomic E-state index is 4.31. The van der Waals surface area contributed by atoms with E-state index in [0.717, 1.165) is 31.5 Å². The smallest absolute Gasteiger partial charge is 0.0937 e. The van der Waals surface area contributed by atoms with Gasteiger partial charge in [0.05, 0.1) is 5.01 Å². The molecule has 100 valence electrons. The summed E-state index contributed by atoms with van der Waals surface area (Å²) >= 11 is 1.76. The molecule has 2 fully saturated rings. The minimum absolute atomic E-state index is 0.703. The van der Waals surface area contributed by atoms with Gasteiger partial charge in [-0.1, -0.05) is 12.8 Å². The molecule has 1 aromatic heterocycles. The largest absolute Gasteiger partial charge is 0.315 e. The summed E-state index contributed by atoms with van der Waals surface area (Å²) in [4.78, 5) is 4.31. The molecular formula is C14H23N3S. The van der Waals surface area contributed by atoms with Gasteiger partial charge in [-0.2, -0.15) is 0 Å². The molecule has 3 unspecified atom stereocenters. The molecule has 1 saturated carbocycles. The molecule has 3 atom stereocenters. The molecule has 0 bridgehead atoms. The fourth-order valence-corrected chi connectivity index (χ4v) is 4.06. The van der Waals surface area contributed by atoms with Crippen molar-refractivity contribution in [3.63, 3.8) is 0 Å². The lowest BCUT2D eigenvalue weighted by atomic mass is 9.85. The second-order valence-electron chi connectivity index (χ2n) is 5.63. The Balaban J connectivity index is 1.34. The first kappa shape index (κ1) is 12.6. The molecule has 3 nitrogen and oxygen atoms in total. The van der Waals surface area contributed by atoms with Crippen molar-refractivity contribution >= 4 is 11.3 Å². The first-order valence-corrected chi connectivity index (χ1v) is 8.15. The van der Waals surface area contributed by atoms with Crippen LogP contribution in [0.25, 0.3) is 0 Å². The van der Waals surface area contributed by atoms with E-state index in [1.54, 1.807) is 11.3 Å². The maximum Gasteiger partial charge on any atom is 0.0937 e. The monoisotopic (exact) mass is 265 g/mol. The number of hydrogen-bond acceptors (Lipinski definition) is 4. The number of hydrogen-bond donors (Lipinski definition) is 2. The molecule has 1 saturated heterocycles. The average molecular weight is 265 g/mol. The van der Waals surface area contributed by atoms with Gasteiger partial charge in [-0.05, 0) is 25.2 Å². The van der Waals surface area contributed by atoms with Gasteiger partial charge in [-0.15, -0.1) is 11.3 Å². The third-order valence-electron chi connectivity index (χ3n) is 4.34. The van der Waals surface area contributed by atoms with Crippen LogP contribution in [-0.2, 0) is 6.42 Å². The van der Waals surface area contributed by atoms with E-state index in [4.69, 9.17) is 0 Å². The topological polar surface area (TPSA) is 37.0 Å². The molecule has 1 aromatic rings. The van der Waals surface area contributed by atoms with Crippen LogP contribution in [0.4, 0.5) is 0 Å². The number of aromatic nitrogens is 1. The van der Waals surface area contributed by atoms with E-state index in [-0.39, 0.29) is 0 Å². The van der Waals surface area contributed by atoms with Crippen LogP contribution in [-0.4, -0.2) is 30.2 Å². The highest BCUT2D eigenvalue weighted by Crippen LogP contribution is 2.32. The second-order valence-corrected chi connectivity index (χ2v) is 6.61. The van der Waals surface area contributed by atoms with E-state index in [1.165, 1.54) is 37.1 Å². The lowest BCUT2D eigenvalue weighted by Gasteiger charge is -2.24. The van der Waals surface area contributed by atoms with Crippen molar-refractivity contribution in [3.8, 4) is 0 Å². The summed E-state index contributed by atoms with van der Waals surface area (Å²) in [7, 11) is 0. The molecule has 2 N–H and O–H groups in total. The third kappa shape index (κ3) is 3.11. The molecule has 3 rings (SSSR count). The van der Waals surface area contributed by atoms with Crippen molar-refractivity contribution in [1.82, 2.24) is 15.6 Å². The minimum atomic E-state index is 0.703. The van der Waals surface area contributed by atoms with E-state index in [9.17, 15) is 0 Å². The highest BCUT2D eigenvalue weighted by atomic mass is 32.1. The van der Waals surface area contributed by atoms with Gasteiger partial charge in [0.25, 0.3) is 0 Å². The average Bonchev–Trinajstić information content (AvgIpc) is 3.03. The Bertz CT molecular complexity index is 338. The normalized spacial score (nSPS) is 31.4. The lowest BCUT2D eigenvalue weighted by molar-refractivity contribution is 0.325. The van der Waals surface area contributed by atoms with E-state index in [1.807, 2.05) is 6.20 Å². The standard InChI is InChI=1S/C14H23N3S/c1-2-4-13-11(3-1)9-12(17-13)10-15-6-5-14-16-7-8-18-14/h7-8,11-13,15,17H,1-6,9-10H2. The zero-order valence-electron chi connectivity index (χ0n) is 10.9. The van der Waals surface area contributed by atoms with Crippen molar-refractivity contribution in [2.24, 2.45) is 5.92 Å². The van der Waals surface area contributed by atoms with Crippen LogP contribution >= 0.6 is 11.3 Å².